The van der Waals surface area contributed by atoms with Gasteiger partial charge in [-0.15, -0.1) is 0 Å². The van der Waals surface area contributed by atoms with Gasteiger partial charge < -0.3 is 4.74 Å². The fraction of sp³-hybridized carbons (Fsp3) is 0.800. The fourth-order valence-corrected chi connectivity index (χ4v) is 2.88. The first kappa shape index (κ1) is 15.7. The van der Waals surface area contributed by atoms with Crippen molar-refractivity contribution >= 4 is 11.8 Å². The Hall–Kier alpha value is -1.37. The highest BCUT2D eigenvalue weighted by Crippen LogP contribution is 2.38. The zero-order chi connectivity index (χ0) is 14.3. The number of unbranched alkanes of at least 4 members (excludes halogenated alkanes) is 2. The summed E-state index contributed by atoms with van der Waals surface area (Å²) in [5.41, 5.74) is 0. The Kier molecular flexibility index (Phi) is 6.55. The summed E-state index contributed by atoms with van der Waals surface area (Å²) < 4.78 is 4.94. The average Bonchev–Trinajstić information content (AvgIpc) is 2.73. The molecule has 0 saturated heterocycles. The third-order valence-electron chi connectivity index (χ3n) is 3.88. The molecule has 1 saturated carbocycles. The molecule has 0 aromatic heterocycles. The van der Waals surface area contributed by atoms with E-state index < -0.39 is 11.9 Å². The predicted octanol–water partition coefficient (Wildman–Crippen LogP) is 2.86. The summed E-state index contributed by atoms with van der Waals surface area (Å²) in [6, 6.07) is 2.04. The zero-order valence-electron chi connectivity index (χ0n) is 11.9. The highest BCUT2D eigenvalue weighted by Gasteiger charge is 2.42. The molecule has 1 aliphatic carbocycles. The van der Waals surface area contributed by atoms with Crippen molar-refractivity contribution in [3.63, 3.8) is 0 Å². The molecule has 106 valence electrons. The molecule has 19 heavy (non-hydrogen) atoms. The molecular formula is C15H23NO3. The van der Waals surface area contributed by atoms with E-state index in [4.69, 9.17) is 4.74 Å². The van der Waals surface area contributed by atoms with Gasteiger partial charge in [-0.05, 0) is 25.7 Å². The molecule has 0 aliphatic heterocycles. The Balaban J connectivity index is 2.69. The SMILES string of the molecule is CCCCCC1C(=O)CCC1C(C#N)C(=O)OCC. The van der Waals surface area contributed by atoms with E-state index >= 15 is 0 Å². The second kappa shape index (κ2) is 7.93. The standard InChI is InChI=1S/C15H23NO3/c1-3-5-6-7-12-11(8-9-14(12)17)13(10-16)15(18)19-4-2/h11-13H,3-9H2,1-2H3. The lowest BCUT2D eigenvalue weighted by molar-refractivity contribution is -0.148. The monoisotopic (exact) mass is 265 g/mol. The van der Waals surface area contributed by atoms with Gasteiger partial charge in [-0.3, -0.25) is 9.59 Å². The topological polar surface area (TPSA) is 67.2 Å². The van der Waals surface area contributed by atoms with Crippen LogP contribution in [0.1, 0.15) is 52.4 Å². The van der Waals surface area contributed by atoms with Crippen LogP contribution in [-0.4, -0.2) is 18.4 Å². The molecule has 0 spiro atoms. The lowest BCUT2D eigenvalue weighted by Crippen LogP contribution is -2.29. The summed E-state index contributed by atoms with van der Waals surface area (Å²) in [6.45, 7) is 4.12. The van der Waals surface area contributed by atoms with Gasteiger partial charge in [0.15, 0.2) is 0 Å². The van der Waals surface area contributed by atoms with E-state index in [9.17, 15) is 14.9 Å². The first-order valence-corrected chi connectivity index (χ1v) is 7.24. The van der Waals surface area contributed by atoms with Gasteiger partial charge in [0, 0.05) is 12.3 Å². The number of carbonyl (C=O) groups is 2. The number of carbonyl (C=O) groups excluding carboxylic acids is 2. The number of ether oxygens (including phenoxy) is 1. The summed E-state index contributed by atoms with van der Waals surface area (Å²) in [5.74, 6) is -1.30. The number of hydrogen-bond acceptors (Lipinski definition) is 4. The first-order valence-electron chi connectivity index (χ1n) is 7.24. The summed E-state index contributed by atoms with van der Waals surface area (Å²) in [7, 11) is 0. The fourth-order valence-electron chi connectivity index (χ4n) is 2.88. The van der Waals surface area contributed by atoms with Crippen molar-refractivity contribution in [2.24, 2.45) is 17.8 Å². The van der Waals surface area contributed by atoms with Gasteiger partial charge in [0.2, 0.25) is 0 Å². The van der Waals surface area contributed by atoms with Crippen molar-refractivity contribution < 1.29 is 14.3 Å². The van der Waals surface area contributed by atoms with Crippen LogP contribution in [0.5, 0.6) is 0 Å². The van der Waals surface area contributed by atoms with Gasteiger partial charge in [0.25, 0.3) is 0 Å². The largest absolute Gasteiger partial charge is 0.465 e. The van der Waals surface area contributed by atoms with Crippen molar-refractivity contribution in [2.75, 3.05) is 6.61 Å². The second-order valence-electron chi connectivity index (χ2n) is 5.13. The van der Waals surface area contributed by atoms with E-state index in [1.165, 1.54) is 0 Å². The van der Waals surface area contributed by atoms with Crippen LogP contribution in [0, 0.1) is 29.1 Å². The molecule has 3 atom stereocenters. The quantitative estimate of drug-likeness (QED) is 0.524. The van der Waals surface area contributed by atoms with Crippen molar-refractivity contribution in [1.29, 1.82) is 5.26 Å². The molecule has 0 amide bonds. The van der Waals surface area contributed by atoms with E-state index in [1.54, 1.807) is 6.92 Å². The van der Waals surface area contributed by atoms with Gasteiger partial charge in [-0.25, -0.2) is 0 Å². The van der Waals surface area contributed by atoms with E-state index in [-0.39, 0.29) is 24.2 Å². The number of Topliss-reactive ketones (excluding diaryl/α,β-unsaturated/α-hetero) is 1. The summed E-state index contributed by atoms with van der Waals surface area (Å²) in [6.07, 6.45) is 5.13. The molecule has 1 fully saturated rings. The number of esters is 1. The Bertz CT molecular complexity index is 359. The second-order valence-corrected chi connectivity index (χ2v) is 5.13. The molecule has 3 unspecified atom stereocenters. The molecule has 1 rings (SSSR count). The lowest BCUT2D eigenvalue weighted by atomic mass is 9.81. The van der Waals surface area contributed by atoms with Crippen LogP contribution >= 0.6 is 0 Å². The molecule has 0 bridgehead atoms. The maximum Gasteiger partial charge on any atom is 0.323 e. The van der Waals surface area contributed by atoms with Gasteiger partial charge in [0.05, 0.1) is 12.7 Å². The van der Waals surface area contributed by atoms with Gasteiger partial charge in [-0.1, -0.05) is 26.2 Å². The van der Waals surface area contributed by atoms with Crippen molar-refractivity contribution in [1.82, 2.24) is 0 Å². The Labute approximate surface area is 115 Å². The van der Waals surface area contributed by atoms with E-state index in [2.05, 4.69) is 6.92 Å². The molecule has 0 heterocycles. The summed E-state index contributed by atoms with van der Waals surface area (Å²) in [4.78, 5) is 23.7. The molecule has 0 N–H and O–H groups in total. The van der Waals surface area contributed by atoms with Crippen LogP contribution in [0.2, 0.25) is 0 Å². The molecule has 0 aromatic rings. The van der Waals surface area contributed by atoms with Crippen LogP contribution < -0.4 is 0 Å². The average molecular weight is 265 g/mol. The van der Waals surface area contributed by atoms with E-state index in [0.29, 0.717) is 12.8 Å². The molecule has 1 aliphatic rings. The van der Waals surface area contributed by atoms with Crippen LogP contribution in [-0.2, 0) is 14.3 Å². The minimum atomic E-state index is -0.780. The van der Waals surface area contributed by atoms with Gasteiger partial charge in [-0.2, -0.15) is 5.26 Å². The molecule has 0 aromatic carbocycles. The summed E-state index contributed by atoms with van der Waals surface area (Å²) in [5, 5.41) is 9.20. The van der Waals surface area contributed by atoms with Crippen LogP contribution in [0.25, 0.3) is 0 Å². The number of ketones is 1. The van der Waals surface area contributed by atoms with Crippen molar-refractivity contribution in [2.45, 2.75) is 52.4 Å². The summed E-state index contributed by atoms with van der Waals surface area (Å²) >= 11 is 0. The zero-order valence-corrected chi connectivity index (χ0v) is 11.9. The maximum absolute atomic E-state index is 11.9. The molecular weight excluding hydrogens is 242 g/mol. The smallest absolute Gasteiger partial charge is 0.323 e. The van der Waals surface area contributed by atoms with Crippen LogP contribution in [0.15, 0.2) is 0 Å². The van der Waals surface area contributed by atoms with Crippen molar-refractivity contribution in [3.05, 3.63) is 0 Å². The number of nitriles is 1. The normalized spacial score (nSPS) is 23.9. The van der Waals surface area contributed by atoms with Gasteiger partial charge >= 0.3 is 5.97 Å². The molecule has 4 nitrogen and oxygen atoms in total. The molecule has 4 heteroatoms. The minimum Gasteiger partial charge on any atom is -0.465 e. The lowest BCUT2D eigenvalue weighted by Gasteiger charge is -2.21. The third-order valence-corrected chi connectivity index (χ3v) is 3.88. The third kappa shape index (κ3) is 4.05. The maximum atomic E-state index is 11.9. The number of hydrogen-bond donors (Lipinski definition) is 0. The van der Waals surface area contributed by atoms with E-state index in [1.807, 2.05) is 6.07 Å². The highest BCUT2D eigenvalue weighted by atomic mass is 16.5. The van der Waals surface area contributed by atoms with Crippen molar-refractivity contribution in [3.8, 4) is 6.07 Å². The first-order chi connectivity index (χ1) is 9.15. The number of nitrogens with zero attached hydrogens (tertiary/aromatic N) is 1. The molecule has 0 radical (unpaired) electrons. The Morgan fingerprint density at radius 1 is 1.47 bits per heavy atom. The predicted molar refractivity (Wildman–Crippen MR) is 71.1 cm³/mol. The van der Waals surface area contributed by atoms with Gasteiger partial charge in [0.1, 0.15) is 11.7 Å². The number of rotatable bonds is 7. The Morgan fingerprint density at radius 2 is 2.21 bits per heavy atom. The minimum absolute atomic E-state index is 0.124. The van der Waals surface area contributed by atoms with Crippen LogP contribution in [0.4, 0.5) is 0 Å². The van der Waals surface area contributed by atoms with E-state index in [0.717, 1.165) is 25.7 Å². The Morgan fingerprint density at radius 3 is 2.79 bits per heavy atom. The van der Waals surface area contributed by atoms with Crippen LogP contribution in [0.3, 0.4) is 0 Å². The highest BCUT2D eigenvalue weighted by molar-refractivity contribution is 5.85.